The summed E-state index contributed by atoms with van der Waals surface area (Å²) < 4.78 is 29.3. The second kappa shape index (κ2) is 7.73. The molecule has 0 aromatic rings. The SMILES string of the molecule is CC(C)O[C@H]1C[C@@]2(C)[C@@H](CC[C@@H]3[C@@H]2CC[C@]2(C)C(=NNS(C)(=O)=O)CC[C@@H]32)C[C@@H]1O. The smallest absolute Gasteiger partial charge is 0.244 e. The first-order valence-corrected chi connectivity index (χ1v) is 13.7. The van der Waals surface area contributed by atoms with E-state index in [0.717, 1.165) is 50.5 Å². The van der Waals surface area contributed by atoms with Crippen molar-refractivity contribution < 1.29 is 18.3 Å². The molecule has 0 heterocycles. The molecule has 0 radical (unpaired) electrons. The number of aliphatic hydroxyl groups excluding tert-OH is 1. The van der Waals surface area contributed by atoms with Gasteiger partial charge in [-0.3, -0.25) is 0 Å². The monoisotopic (exact) mass is 440 g/mol. The third-order valence-corrected chi connectivity index (χ3v) is 9.62. The normalized spacial score (nSPS) is 47.6. The molecule has 0 unspecified atom stereocenters. The lowest BCUT2D eigenvalue weighted by Gasteiger charge is -2.61. The maximum absolute atomic E-state index is 11.6. The predicted octanol–water partition coefficient (Wildman–Crippen LogP) is 3.70. The van der Waals surface area contributed by atoms with Gasteiger partial charge < -0.3 is 9.84 Å². The van der Waals surface area contributed by atoms with Crippen molar-refractivity contribution in [3.63, 3.8) is 0 Å². The molecular formula is C23H40N2O4S. The van der Waals surface area contributed by atoms with E-state index in [1.165, 1.54) is 12.8 Å². The molecule has 0 aromatic heterocycles. The summed E-state index contributed by atoms with van der Waals surface area (Å²) in [5, 5.41) is 15.1. The lowest BCUT2D eigenvalue weighted by Crippen LogP contribution is -2.57. The van der Waals surface area contributed by atoms with E-state index in [2.05, 4.69) is 37.6 Å². The van der Waals surface area contributed by atoms with Crippen LogP contribution in [-0.2, 0) is 14.8 Å². The summed E-state index contributed by atoms with van der Waals surface area (Å²) in [5.41, 5.74) is 1.27. The van der Waals surface area contributed by atoms with Crippen LogP contribution in [0, 0.1) is 34.5 Å². The molecular weight excluding hydrogens is 400 g/mol. The van der Waals surface area contributed by atoms with Gasteiger partial charge in [0.2, 0.25) is 10.0 Å². The molecule has 0 saturated heterocycles. The van der Waals surface area contributed by atoms with Crippen molar-refractivity contribution in [1.29, 1.82) is 0 Å². The number of hydrogen-bond acceptors (Lipinski definition) is 5. The number of rotatable bonds is 4. The molecule has 4 aliphatic rings. The minimum absolute atomic E-state index is 0.00404. The highest BCUT2D eigenvalue weighted by molar-refractivity contribution is 7.88. The Morgan fingerprint density at radius 3 is 2.57 bits per heavy atom. The largest absolute Gasteiger partial charge is 0.390 e. The Morgan fingerprint density at radius 1 is 1.17 bits per heavy atom. The van der Waals surface area contributed by atoms with Crippen LogP contribution in [0.1, 0.15) is 79.1 Å². The van der Waals surface area contributed by atoms with Crippen LogP contribution in [0.2, 0.25) is 0 Å². The van der Waals surface area contributed by atoms with E-state index in [0.29, 0.717) is 23.7 Å². The Labute approximate surface area is 182 Å². The Bertz CT molecular complexity index is 797. The molecule has 8 atom stereocenters. The Kier molecular flexibility index (Phi) is 5.81. The van der Waals surface area contributed by atoms with E-state index in [4.69, 9.17) is 4.74 Å². The van der Waals surface area contributed by atoms with Crippen molar-refractivity contribution in [2.75, 3.05) is 6.26 Å². The van der Waals surface area contributed by atoms with E-state index < -0.39 is 10.0 Å². The van der Waals surface area contributed by atoms with E-state index in [1.807, 2.05) is 0 Å². The number of sulfonamides is 1. The van der Waals surface area contributed by atoms with E-state index in [-0.39, 0.29) is 29.1 Å². The zero-order valence-corrected chi connectivity index (χ0v) is 20.0. The number of nitrogens with one attached hydrogen (secondary N) is 1. The molecule has 4 fully saturated rings. The van der Waals surface area contributed by atoms with Gasteiger partial charge in [-0.2, -0.15) is 5.10 Å². The molecule has 172 valence electrons. The number of hydrogen-bond donors (Lipinski definition) is 2. The van der Waals surface area contributed by atoms with Gasteiger partial charge in [-0.25, -0.2) is 13.2 Å². The Morgan fingerprint density at radius 2 is 1.90 bits per heavy atom. The van der Waals surface area contributed by atoms with Crippen LogP contribution in [-0.4, -0.2) is 43.8 Å². The quantitative estimate of drug-likeness (QED) is 0.653. The van der Waals surface area contributed by atoms with Crippen LogP contribution in [0.15, 0.2) is 5.10 Å². The van der Waals surface area contributed by atoms with E-state index >= 15 is 0 Å². The summed E-state index contributed by atoms with van der Waals surface area (Å²) in [7, 11) is -3.32. The zero-order chi connectivity index (χ0) is 21.9. The lowest BCUT2D eigenvalue weighted by molar-refractivity contribution is -0.175. The molecule has 30 heavy (non-hydrogen) atoms. The van der Waals surface area contributed by atoms with Crippen LogP contribution in [0.3, 0.4) is 0 Å². The summed E-state index contributed by atoms with van der Waals surface area (Å²) in [6.07, 6.45) is 9.36. The number of fused-ring (bicyclic) bond motifs is 5. The van der Waals surface area contributed by atoms with E-state index in [9.17, 15) is 13.5 Å². The minimum Gasteiger partial charge on any atom is -0.390 e. The van der Waals surface area contributed by atoms with Crippen LogP contribution < -0.4 is 4.83 Å². The summed E-state index contributed by atoms with van der Waals surface area (Å²) in [6, 6.07) is 0. The molecule has 4 saturated carbocycles. The topological polar surface area (TPSA) is 88.0 Å². The van der Waals surface area contributed by atoms with Gasteiger partial charge in [0.15, 0.2) is 0 Å². The molecule has 6 nitrogen and oxygen atoms in total. The van der Waals surface area contributed by atoms with E-state index in [1.54, 1.807) is 0 Å². The van der Waals surface area contributed by atoms with Gasteiger partial charge >= 0.3 is 0 Å². The van der Waals surface area contributed by atoms with Gasteiger partial charge in [-0.05, 0) is 94.3 Å². The highest BCUT2D eigenvalue weighted by atomic mass is 32.2. The van der Waals surface area contributed by atoms with Crippen LogP contribution >= 0.6 is 0 Å². The first-order chi connectivity index (χ1) is 13.9. The van der Waals surface area contributed by atoms with Gasteiger partial charge in [-0.1, -0.05) is 13.8 Å². The van der Waals surface area contributed by atoms with Crippen LogP contribution in [0.25, 0.3) is 0 Å². The first-order valence-electron chi connectivity index (χ1n) is 11.8. The maximum atomic E-state index is 11.6. The molecule has 0 bridgehead atoms. The number of hydrazone groups is 1. The number of aliphatic hydroxyl groups is 1. The first kappa shape index (κ1) is 22.5. The molecule has 0 aliphatic heterocycles. The van der Waals surface area contributed by atoms with Crippen molar-refractivity contribution >= 4 is 15.7 Å². The molecule has 0 amide bonds. The second-order valence-electron chi connectivity index (χ2n) is 11.3. The molecule has 4 aliphatic carbocycles. The fraction of sp³-hybridized carbons (Fsp3) is 0.957. The second-order valence-corrected chi connectivity index (χ2v) is 13.0. The van der Waals surface area contributed by atoms with Crippen molar-refractivity contribution in [2.24, 2.45) is 39.6 Å². The average Bonchev–Trinajstić information content (AvgIpc) is 2.96. The predicted molar refractivity (Wildman–Crippen MR) is 119 cm³/mol. The van der Waals surface area contributed by atoms with Gasteiger partial charge in [-0.15, -0.1) is 0 Å². The summed E-state index contributed by atoms with van der Waals surface area (Å²) in [6.45, 7) is 8.89. The van der Waals surface area contributed by atoms with Crippen molar-refractivity contribution in [2.45, 2.75) is 97.4 Å². The third kappa shape index (κ3) is 3.83. The number of ether oxygens (including phenoxy) is 1. The molecule has 7 heteroatoms. The maximum Gasteiger partial charge on any atom is 0.244 e. The summed E-state index contributed by atoms with van der Waals surface area (Å²) in [5.74, 6) is 2.46. The number of nitrogens with zero attached hydrogens (tertiary/aromatic N) is 1. The van der Waals surface area contributed by atoms with Gasteiger partial charge in [0.05, 0.1) is 24.6 Å². The summed E-state index contributed by atoms with van der Waals surface area (Å²) >= 11 is 0. The van der Waals surface area contributed by atoms with Gasteiger partial charge in [0.1, 0.15) is 0 Å². The molecule has 4 rings (SSSR count). The summed E-state index contributed by atoms with van der Waals surface area (Å²) in [4.78, 5) is 2.39. The van der Waals surface area contributed by atoms with Gasteiger partial charge in [0.25, 0.3) is 0 Å². The van der Waals surface area contributed by atoms with Crippen LogP contribution in [0.5, 0.6) is 0 Å². The zero-order valence-electron chi connectivity index (χ0n) is 19.2. The Hall–Kier alpha value is -0.660. The third-order valence-electron chi connectivity index (χ3n) is 9.20. The van der Waals surface area contributed by atoms with Crippen LogP contribution in [0.4, 0.5) is 0 Å². The molecule has 0 spiro atoms. The molecule has 2 N–H and O–H groups in total. The van der Waals surface area contributed by atoms with Gasteiger partial charge in [0, 0.05) is 11.1 Å². The fourth-order valence-corrected chi connectivity index (χ4v) is 8.13. The van der Waals surface area contributed by atoms with Crippen molar-refractivity contribution in [3.05, 3.63) is 0 Å². The van der Waals surface area contributed by atoms with Crippen molar-refractivity contribution in [1.82, 2.24) is 4.83 Å². The highest BCUT2D eigenvalue weighted by Crippen LogP contribution is 2.65. The standard InChI is InChI=1S/C23H40N2O4S/c1-14(2)29-20-13-23(4)15(12-19(20)26)6-7-16-17-8-9-21(24-25-30(5,27)28)22(17,3)11-10-18(16)23/h14-20,25-26H,6-13H2,1-5H3/t15-,16-,17-,18-,19-,20-,22-,23-/m0/s1. The minimum atomic E-state index is -3.32. The average molecular weight is 441 g/mol. The van der Waals surface area contributed by atoms with Crippen molar-refractivity contribution in [3.8, 4) is 0 Å². The fourth-order valence-electron chi connectivity index (χ4n) is 7.85. The lowest BCUT2D eigenvalue weighted by atomic mass is 9.45. The highest BCUT2D eigenvalue weighted by Gasteiger charge is 2.60. The Balaban J connectivity index is 1.57. The molecule has 0 aromatic carbocycles.